The van der Waals surface area contributed by atoms with Gasteiger partial charge in [0.15, 0.2) is 11.5 Å². The van der Waals surface area contributed by atoms with Crippen molar-refractivity contribution in [2.75, 3.05) is 32.0 Å². The van der Waals surface area contributed by atoms with Crippen LogP contribution in [0.1, 0.15) is 12.5 Å². The topological polar surface area (TPSA) is 86.9 Å². The largest absolute Gasteiger partial charge is 0.493 e. The van der Waals surface area contributed by atoms with Crippen LogP contribution in [0, 0.1) is 0 Å². The predicted octanol–water partition coefficient (Wildman–Crippen LogP) is 3.83. The van der Waals surface area contributed by atoms with Crippen LogP contribution < -0.4 is 19.1 Å². The van der Waals surface area contributed by atoms with E-state index in [1.54, 1.807) is 26.4 Å². The first kappa shape index (κ1) is 21.0. The Balaban J connectivity index is 1.48. The smallest absolute Gasteiger partial charge is 0.277 e. The summed E-state index contributed by atoms with van der Waals surface area (Å²) in [6.07, 6.45) is 0.860. The van der Waals surface area contributed by atoms with Crippen molar-refractivity contribution in [3.8, 4) is 28.7 Å². The number of amides is 1. The molecule has 0 aliphatic carbocycles. The van der Waals surface area contributed by atoms with E-state index in [9.17, 15) is 4.79 Å². The number of carbonyl (C=O) groups excluding carboxylic acids is 1. The van der Waals surface area contributed by atoms with Gasteiger partial charge in [-0.1, -0.05) is 30.0 Å². The molecule has 8 nitrogen and oxygen atoms in total. The lowest BCUT2D eigenvalue weighted by molar-refractivity contribution is -0.116. The van der Waals surface area contributed by atoms with Crippen molar-refractivity contribution in [1.82, 2.24) is 10.2 Å². The van der Waals surface area contributed by atoms with Gasteiger partial charge in [0.1, 0.15) is 0 Å². The number of thioether (sulfide) groups is 1. The van der Waals surface area contributed by atoms with E-state index < -0.39 is 0 Å². The van der Waals surface area contributed by atoms with E-state index in [1.807, 2.05) is 23.1 Å². The van der Waals surface area contributed by atoms with Gasteiger partial charge in [-0.2, -0.15) is 0 Å². The van der Waals surface area contributed by atoms with E-state index in [0.29, 0.717) is 33.9 Å². The molecule has 3 aromatic rings. The third kappa shape index (κ3) is 4.05. The molecule has 2 heterocycles. The van der Waals surface area contributed by atoms with Crippen LogP contribution in [-0.4, -0.2) is 49.2 Å². The molecular weight excluding hydrogens is 418 g/mol. The lowest BCUT2D eigenvalue weighted by Gasteiger charge is -2.22. The Morgan fingerprint density at radius 3 is 2.52 bits per heavy atom. The third-order valence-corrected chi connectivity index (χ3v) is 5.92. The maximum atomic E-state index is 12.9. The Bertz CT molecular complexity index is 1080. The zero-order valence-corrected chi connectivity index (χ0v) is 18.6. The molecule has 0 bridgehead atoms. The molecule has 2 aromatic carbocycles. The third-order valence-electron chi connectivity index (χ3n) is 5.11. The van der Waals surface area contributed by atoms with Gasteiger partial charge >= 0.3 is 0 Å². The van der Waals surface area contributed by atoms with E-state index in [-0.39, 0.29) is 17.7 Å². The summed E-state index contributed by atoms with van der Waals surface area (Å²) in [6, 6.07) is 11.6. The van der Waals surface area contributed by atoms with Gasteiger partial charge in [-0.3, -0.25) is 4.79 Å². The molecule has 4 rings (SSSR count). The Kier molecular flexibility index (Phi) is 6.03. The molecule has 1 unspecified atom stereocenters. The Labute approximate surface area is 184 Å². The minimum Gasteiger partial charge on any atom is -0.493 e. The SMILES string of the molecule is COc1cc(-c2nnc(SCC(=O)N3c4ccccc4CC3C)o2)cc(OC)c1OC. The highest BCUT2D eigenvalue weighted by Crippen LogP contribution is 2.41. The van der Waals surface area contributed by atoms with E-state index in [0.717, 1.165) is 12.1 Å². The van der Waals surface area contributed by atoms with Gasteiger partial charge in [0.25, 0.3) is 5.22 Å². The fraction of sp³-hybridized carbons (Fsp3) is 0.318. The number of hydrogen-bond donors (Lipinski definition) is 0. The number of para-hydroxylation sites is 1. The van der Waals surface area contributed by atoms with E-state index in [1.165, 1.54) is 24.4 Å². The minimum absolute atomic E-state index is 0.00925. The summed E-state index contributed by atoms with van der Waals surface area (Å²) >= 11 is 1.22. The molecule has 0 N–H and O–H groups in total. The number of anilines is 1. The summed E-state index contributed by atoms with van der Waals surface area (Å²) in [5.41, 5.74) is 2.79. The van der Waals surface area contributed by atoms with Crippen LogP contribution >= 0.6 is 11.8 Å². The van der Waals surface area contributed by atoms with Gasteiger partial charge < -0.3 is 23.5 Å². The number of methoxy groups -OCH3 is 3. The standard InChI is InChI=1S/C22H23N3O5S/c1-13-9-14-7-5-6-8-16(14)25(13)19(26)12-31-22-24-23-21(30-22)15-10-17(27-2)20(29-4)18(11-15)28-3/h5-8,10-11,13H,9,12H2,1-4H3. The summed E-state index contributed by atoms with van der Waals surface area (Å²) in [7, 11) is 4.62. The van der Waals surface area contributed by atoms with E-state index >= 15 is 0 Å². The molecule has 1 aromatic heterocycles. The Morgan fingerprint density at radius 2 is 1.84 bits per heavy atom. The van der Waals surface area contributed by atoms with Gasteiger partial charge in [0.2, 0.25) is 17.5 Å². The average Bonchev–Trinajstić information content (AvgIpc) is 3.40. The lowest BCUT2D eigenvalue weighted by Crippen LogP contribution is -2.36. The second-order valence-electron chi connectivity index (χ2n) is 7.02. The van der Waals surface area contributed by atoms with Crippen LogP contribution in [0.5, 0.6) is 17.2 Å². The summed E-state index contributed by atoms with van der Waals surface area (Å²) in [5.74, 6) is 1.97. The normalized spacial score (nSPS) is 15.0. The molecular formula is C22H23N3O5S. The number of benzene rings is 2. The number of rotatable bonds is 7. The Morgan fingerprint density at radius 1 is 1.13 bits per heavy atom. The number of hydrogen-bond acceptors (Lipinski definition) is 8. The molecule has 31 heavy (non-hydrogen) atoms. The number of ether oxygens (including phenoxy) is 3. The van der Waals surface area contributed by atoms with E-state index in [2.05, 4.69) is 23.2 Å². The zero-order valence-electron chi connectivity index (χ0n) is 17.7. The molecule has 1 aliphatic rings. The first-order chi connectivity index (χ1) is 15.0. The number of aromatic nitrogens is 2. The Hall–Kier alpha value is -3.20. The van der Waals surface area contributed by atoms with Crippen molar-refractivity contribution < 1.29 is 23.4 Å². The summed E-state index contributed by atoms with van der Waals surface area (Å²) in [6.45, 7) is 2.05. The zero-order chi connectivity index (χ0) is 22.0. The molecule has 0 spiro atoms. The number of carbonyl (C=O) groups is 1. The quantitative estimate of drug-likeness (QED) is 0.511. The second kappa shape index (κ2) is 8.89. The summed E-state index contributed by atoms with van der Waals surface area (Å²) in [4.78, 5) is 14.7. The molecule has 0 saturated heterocycles. The molecule has 1 atom stereocenters. The van der Waals surface area contributed by atoms with Crippen LogP contribution in [0.3, 0.4) is 0 Å². The highest BCUT2D eigenvalue weighted by atomic mass is 32.2. The number of fused-ring (bicyclic) bond motifs is 1. The molecule has 0 radical (unpaired) electrons. The van der Waals surface area contributed by atoms with Gasteiger partial charge in [0.05, 0.1) is 27.1 Å². The van der Waals surface area contributed by atoms with Crippen molar-refractivity contribution in [1.29, 1.82) is 0 Å². The first-order valence-corrected chi connectivity index (χ1v) is 10.7. The molecule has 162 valence electrons. The monoisotopic (exact) mass is 441 g/mol. The molecule has 1 aliphatic heterocycles. The van der Waals surface area contributed by atoms with Gasteiger partial charge in [-0.15, -0.1) is 10.2 Å². The predicted molar refractivity (Wildman–Crippen MR) is 117 cm³/mol. The van der Waals surface area contributed by atoms with Crippen molar-refractivity contribution in [2.24, 2.45) is 0 Å². The van der Waals surface area contributed by atoms with Crippen LogP contribution in [0.4, 0.5) is 5.69 Å². The van der Waals surface area contributed by atoms with Crippen molar-refractivity contribution in [3.63, 3.8) is 0 Å². The maximum absolute atomic E-state index is 12.9. The average molecular weight is 442 g/mol. The van der Waals surface area contributed by atoms with Crippen molar-refractivity contribution in [2.45, 2.75) is 24.6 Å². The summed E-state index contributed by atoms with van der Waals surface area (Å²) < 4.78 is 21.9. The van der Waals surface area contributed by atoms with Crippen LogP contribution in [0.25, 0.3) is 11.5 Å². The van der Waals surface area contributed by atoms with Gasteiger partial charge in [-0.05, 0) is 37.1 Å². The molecule has 1 amide bonds. The van der Waals surface area contributed by atoms with Crippen molar-refractivity contribution in [3.05, 3.63) is 42.0 Å². The first-order valence-electron chi connectivity index (χ1n) is 9.72. The number of nitrogens with zero attached hydrogens (tertiary/aromatic N) is 3. The fourth-order valence-corrected chi connectivity index (χ4v) is 4.35. The highest BCUT2D eigenvalue weighted by Gasteiger charge is 2.30. The van der Waals surface area contributed by atoms with Crippen LogP contribution in [-0.2, 0) is 11.2 Å². The van der Waals surface area contributed by atoms with Crippen molar-refractivity contribution >= 4 is 23.4 Å². The van der Waals surface area contributed by atoms with Crippen LogP contribution in [0.15, 0.2) is 46.0 Å². The summed E-state index contributed by atoms with van der Waals surface area (Å²) in [5, 5.41) is 8.49. The second-order valence-corrected chi connectivity index (χ2v) is 7.95. The highest BCUT2D eigenvalue weighted by molar-refractivity contribution is 7.99. The molecule has 0 saturated carbocycles. The minimum atomic E-state index is 0.00925. The van der Waals surface area contributed by atoms with E-state index in [4.69, 9.17) is 18.6 Å². The maximum Gasteiger partial charge on any atom is 0.277 e. The van der Waals surface area contributed by atoms with Gasteiger partial charge in [0, 0.05) is 17.3 Å². The fourth-order valence-electron chi connectivity index (χ4n) is 3.73. The lowest BCUT2D eigenvalue weighted by atomic mass is 10.1. The molecule has 9 heteroatoms. The molecule has 0 fully saturated rings. The van der Waals surface area contributed by atoms with Crippen LogP contribution in [0.2, 0.25) is 0 Å². The van der Waals surface area contributed by atoms with Gasteiger partial charge in [-0.25, -0.2) is 0 Å².